The van der Waals surface area contributed by atoms with Gasteiger partial charge < -0.3 is 16.8 Å². The van der Waals surface area contributed by atoms with E-state index in [9.17, 15) is 4.79 Å². The van der Waals surface area contributed by atoms with Crippen molar-refractivity contribution in [1.29, 1.82) is 0 Å². The van der Waals surface area contributed by atoms with Crippen molar-refractivity contribution in [3.8, 4) is 0 Å². The summed E-state index contributed by atoms with van der Waals surface area (Å²) in [5.41, 5.74) is 12.5. The standard InChI is InChI=1S/C12H16ClN3O/c13-10-8(2-1-3-9(10)11(14)17)6-12(15)4-5-16-7-12/h1-3,16H,4-7,15H2,(H2,14,17)/t12-/m0/s1. The van der Waals surface area contributed by atoms with Crippen LogP contribution in [0.2, 0.25) is 5.02 Å². The van der Waals surface area contributed by atoms with Crippen molar-refractivity contribution in [3.63, 3.8) is 0 Å². The number of carbonyl (C=O) groups excluding carboxylic acids is 1. The lowest BCUT2D eigenvalue weighted by Gasteiger charge is -2.23. The van der Waals surface area contributed by atoms with Gasteiger partial charge in [0.2, 0.25) is 5.91 Å². The van der Waals surface area contributed by atoms with Gasteiger partial charge in [0, 0.05) is 12.1 Å². The number of benzene rings is 1. The Morgan fingerprint density at radius 3 is 2.88 bits per heavy atom. The number of halogens is 1. The summed E-state index contributed by atoms with van der Waals surface area (Å²) in [7, 11) is 0. The van der Waals surface area contributed by atoms with Crippen LogP contribution in [0.5, 0.6) is 0 Å². The maximum atomic E-state index is 11.2. The zero-order valence-corrected chi connectivity index (χ0v) is 10.3. The summed E-state index contributed by atoms with van der Waals surface area (Å²) < 4.78 is 0. The summed E-state index contributed by atoms with van der Waals surface area (Å²) in [5, 5.41) is 3.66. The lowest BCUT2D eigenvalue weighted by Crippen LogP contribution is -2.44. The van der Waals surface area contributed by atoms with E-state index >= 15 is 0 Å². The number of nitrogens with one attached hydrogen (secondary N) is 1. The van der Waals surface area contributed by atoms with E-state index in [1.54, 1.807) is 12.1 Å². The molecule has 5 heteroatoms. The molecule has 1 saturated heterocycles. The Morgan fingerprint density at radius 1 is 1.53 bits per heavy atom. The predicted molar refractivity (Wildman–Crippen MR) is 68.1 cm³/mol. The molecule has 4 nitrogen and oxygen atoms in total. The van der Waals surface area contributed by atoms with Crippen molar-refractivity contribution >= 4 is 17.5 Å². The van der Waals surface area contributed by atoms with Crippen LogP contribution in [0.4, 0.5) is 0 Å². The highest BCUT2D eigenvalue weighted by atomic mass is 35.5. The zero-order chi connectivity index (χ0) is 12.5. The van der Waals surface area contributed by atoms with Gasteiger partial charge >= 0.3 is 0 Å². The van der Waals surface area contributed by atoms with E-state index in [1.165, 1.54) is 0 Å². The molecule has 0 bridgehead atoms. The molecule has 1 aliphatic heterocycles. The van der Waals surface area contributed by atoms with Crippen molar-refractivity contribution < 1.29 is 4.79 Å². The Hall–Kier alpha value is -1.10. The van der Waals surface area contributed by atoms with Gasteiger partial charge in [-0.15, -0.1) is 0 Å². The van der Waals surface area contributed by atoms with Crippen LogP contribution in [0.1, 0.15) is 22.3 Å². The molecule has 0 aromatic heterocycles. The van der Waals surface area contributed by atoms with E-state index < -0.39 is 5.91 Å². The Labute approximate surface area is 105 Å². The van der Waals surface area contributed by atoms with E-state index in [1.807, 2.05) is 6.07 Å². The van der Waals surface area contributed by atoms with Gasteiger partial charge in [-0.2, -0.15) is 0 Å². The van der Waals surface area contributed by atoms with Crippen LogP contribution < -0.4 is 16.8 Å². The Bertz CT molecular complexity index is 441. The maximum Gasteiger partial charge on any atom is 0.250 e. The lowest BCUT2D eigenvalue weighted by atomic mass is 9.90. The minimum absolute atomic E-state index is 0.278. The Kier molecular flexibility index (Phi) is 3.38. The molecule has 1 atom stereocenters. The lowest BCUT2D eigenvalue weighted by molar-refractivity contribution is 0.100. The topological polar surface area (TPSA) is 81.1 Å². The van der Waals surface area contributed by atoms with Gasteiger partial charge in [-0.3, -0.25) is 4.79 Å². The molecule has 2 rings (SSSR count). The summed E-state index contributed by atoms with van der Waals surface area (Å²) in [4.78, 5) is 11.2. The van der Waals surface area contributed by atoms with Gasteiger partial charge in [0.1, 0.15) is 0 Å². The van der Waals surface area contributed by atoms with Gasteiger partial charge in [-0.25, -0.2) is 0 Å². The number of hydrogen-bond acceptors (Lipinski definition) is 3. The fourth-order valence-corrected chi connectivity index (χ4v) is 2.49. The normalized spacial score (nSPS) is 23.9. The number of amides is 1. The largest absolute Gasteiger partial charge is 0.366 e. The van der Waals surface area contributed by atoms with Crippen molar-refractivity contribution in [2.24, 2.45) is 11.5 Å². The Balaban J connectivity index is 2.27. The van der Waals surface area contributed by atoms with E-state index in [2.05, 4.69) is 5.32 Å². The molecule has 92 valence electrons. The third kappa shape index (κ3) is 2.60. The van der Waals surface area contributed by atoms with Gasteiger partial charge in [-0.05, 0) is 31.0 Å². The zero-order valence-electron chi connectivity index (χ0n) is 9.50. The van der Waals surface area contributed by atoms with Crippen LogP contribution in [0.15, 0.2) is 18.2 Å². The molecule has 0 aliphatic carbocycles. The molecular formula is C12H16ClN3O. The molecule has 1 fully saturated rings. The highest BCUT2D eigenvalue weighted by Gasteiger charge is 2.30. The van der Waals surface area contributed by atoms with E-state index in [-0.39, 0.29) is 5.54 Å². The fraction of sp³-hybridized carbons (Fsp3) is 0.417. The Morgan fingerprint density at radius 2 is 2.29 bits per heavy atom. The second-order valence-electron chi connectivity index (χ2n) is 4.61. The molecule has 1 heterocycles. The van der Waals surface area contributed by atoms with Crippen molar-refractivity contribution in [2.45, 2.75) is 18.4 Å². The first-order valence-electron chi connectivity index (χ1n) is 5.59. The molecule has 0 unspecified atom stereocenters. The third-order valence-electron chi connectivity index (χ3n) is 3.16. The molecule has 5 N–H and O–H groups in total. The van der Waals surface area contributed by atoms with E-state index in [0.29, 0.717) is 17.0 Å². The smallest absolute Gasteiger partial charge is 0.250 e. The second-order valence-corrected chi connectivity index (χ2v) is 4.99. The molecule has 1 aromatic carbocycles. The number of nitrogens with two attached hydrogens (primary N) is 2. The molecule has 0 radical (unpaired) electrons. The monoisotopic (exact) mass is 253 g/mol. The van der Waals surface area contributed by atoms with E-state index in [0.717, 1.165) is 25.1 Å². The van der Waals surface area contributed by atoms with E-state index in [4.69, 9.17) is 23.1 Å². The molecule has 0 saturated carbocycles. The maximum absolute atomic E-state index is 11.2. The quantitative estimate of drug-likeness (QED) is 0.741. The molecule has 17 heavy (non-hydrogen) atoms. The second kappa shape index (κ2) is 4.64. The third-order valence-corrected chi connectivity index (χ3v) is 3.61. The molecule has 0 spiro atoms. The first-order chi connectivity index (χ1) is 8.02. The molecule has 1 aromatic rings. The number of primary amides is 1. The molecular weight excluding hydrogens is 238 g/mol. The van der Waals surface area contributed by atoms with Crippen LogP contribution in [0.3, 0.4) is 0 Å². The SMILES string of the molecule is NC(=O)c1cccc(C[C@@]2(N)CCNC2)c1Cl. The van der Waals surface area contributed by atoms with Crippen molar-refractivity contribution in [1.82, 2.24) is 5.32 Å². The first kappa shape index (κ1) is 12.4. The number of hydrogen-bond donors (Lipinski definition) is 3. The minimum Gasteiger partial charge on any atom is -0.366 e. The van der Waals surface area contributed by atoms with Crippen LogP contribution in [0.25, 0.3) is 0 Å². The van der Waals surface area contributed by atoms with Crippen molar-refractivity contribution in [3.05, 3.63) is 34.3 Å². The molecule has 1 aliphatic rings. The summed E-state index contributed by atoms with van der Waals surface area (Å²) in [5.74, 6) is -0.507. The summed E-state index contributed by atoms with van der Waals surface area (Å²) >= 11 is 6.17. The summed E-state index contributed by atoms with van der Waals surface area (Å²) in [6.45, 7) is 1.69. The molecule has 1 amide bonds. The minimum atomic E-state index is -0.507. The highest BCUT2D eigenvalue weighted by Crippen LogP contribution is 2.26. The van der Waals surface area contributed by atoms with Crippen LogP contribution in [-0.2, 0) is 6.42 Å². The predicted octanol–water partition coefficient (Wildman–Crippen LogP) is 0.672. The van der Waals surface area contributed by atoms with Gasteiger partial charge in [0.15, 0.2) is 0 Å². The van der Waals surface area contributed by atoms with Gasteiger partial charge in [-0.1, -0.05) is 23.7 Å². The number of rotatable bonds is 3. The average molecular weight is 254 g/mol. The van der Waals surface area contributed by atoms with Gasteiger partial charge in [0.25, 0.3) is 0 Å². The fourth-order valence-electron chi connectivity index (χ4n) is 2.20. The van der Waals surface area contributed by atoms with Crippen LogP contribution >= 0.6 is 11.6 Å². The summed E-state index contributed by atoms with van der Waals surface area (Å²) in [6, 6.07) is 5.30. The highest BCUT2D eigenvalue weighted by molar-refractivity contribution is 6.34. The first-order valence-corrected chi connectivity index (χ1v) is 5.96. The summed E-state index contributed by atoms with van der Waals surface area (Å²) in [6.07, 6.45) is 1.56. The average Bonchev–Trinajstić information content (AvgIpc) is 2.68. The number of carbonyl (C=O) groups is 1. The van der Waals surface area contributed by atoms with Crippen LogP contribution in [0, 0.1) is 0 Å². The van der Waals surface area contributed by atoms with Crippen molar-refractivity contribution in [2.75, 3.05) is 13.1 Å². The van der Waals surface area contributed by atoms with Gasteiger partial charge in [0.05, 0.1) is 10.6 Å². The van der Waals surface area contributed by atoms with Crippen LogP contribution in [-0.4, -0.2) is 24.5 Å².